The van der Waals surface area contributed by atoms with E-state index in [1.807, 2.05) is 53.1 Å². The summed E-state index contributed by atoms with van der Waals surface area (Å²) in [6.45, 7) is 8.76. The zero-order chi connectivity index (χ0) is 33.6. The van der Waals surface area contributed by atoms with E-state index in [-0.39, 0.29) is 40.8 Å². The third-order valence-corrected chi connectivity index (χ3v) is 9.35. The molecule has 0 N–H and O–H groups in total. The molecule has 0 unspecified atom stereocenters. The zero-order valence-corrected chi connectivity index (χ0v) is 31.3. The number of nitrogens with zero attached hydrogens (tertiary/aromatic N) is 7. The number of hydrogen-bond acceptors (Lipinski definition) is 6. The minimum atomic E-state index is -0.431. The molecule has 254 valence electrons. The second kappa shape index (κ2) is 14.5. The van der Waals surface area contributed by atoms with Gasteiger partial charge in [-0.15, -0.1) is 91.2 Å². The SMILES string of the molecule is CC(C)(c1[c-]c(-c2ccccn2)ccc1)c1[c-]c2c(cc1)c1ccc(C(C)(C)c3[c-]c(-c4ccccn4)ccc3)[c-]c1n2-c1nncnn1.[Pd+2].[Pd+2]. The molecule has 0 aliphatic carbocycles. The van der Waals surface area contributed by atoms with Crippen LogP contribution in [0, 0.1) is 24.3 Å². The Morgan fingerprint density at radius 1 is 0.490 bits per heavy atom. The molecular weight excluding hydrogens is 815 g/mol. The smallest absolute Gasteiger partial charge is 0.326 e. The van der Waals surface area contributed by atoms with Gasteiger partial charge in [-0.1, -0.05) is 63.0 Å². The maximum absolute atomic E-state index is 4.54. The van der Waals surface area contributed by atoms with Crippen molar-refractivity contribution < 1.29 is 40.8 Å². The molecule has 4 heterocycles. The summed E-state index contributed by atoms with van der Waals surface area (Å²) in [6, 6.07) is 47.6. The Morgan fingerprint density at radius 3 is 1.37 bits per heavy atom. The average molecular weight is 847 g/mol. The third-order valence-electron chi connectivity index (χ3n) is 9.35. The van der Waals surface area contributed by atoms with E-state index in [1.165, 1.54) is 6.33 Å². The summed E-state index contributed by atoms with van der Waals surface area (Å²) in [5.74, 6) is 0.354. The molecule has 0 amide bonds. The summed E-state index contributed by atoms with van der Waals surface area (Å²) in [7, 11) is 0. The van der Waals surface area contributed by atoms with Crippen LogP contribution in [0.3, 0.4) is 0 Å². The van der Waals surface area contributed by atoms with Crippen molar-refractivity contribution >= 4 is 21.8 Å². The minimum Gasteiger partial charge on any atom is -0.326 e. The largest absolute Gasteiger partial charge is 2.00 e. The van der Waals surface area contributed by atoms with Gasteiger partial charge in [0.15, 0.2) is 6.33 Å². The Bertz CT molecular complexity index is 2290. The molecule has 0 aliphatic rings. The maximum atomic E-state index is 4.54. The van der Waals surface area contributed by atoms with Crippen LogP contribution in [0.4, 0.5) is 0 Å². The molecule has 4 aromatic carbocycles. The second-order valence-electron chi connectivity index (χ2n) is 13.1. The van der Waals surface area contributed by atoms with Gasteiger partial charge in [0.25, 0.3) is 5.95 Å². The first-order chi connectivity index (χ1) is 23.8. The Labute approximate surface area is 325 Å². The Kier molecular flexibility index (Phi) is 10.2. The number of hydrogen-bond donors (Lipinski definition) is 0. The molecule has 0 bridgehead atoms. The van der Waals surface area contributed by atoms with E-state index in [0.29, 0.717) is 5.95 Å². The Balaban J connectivity index is 0.00000224. The van der Waals surface area contributed by atoms with E-state index < -0.39 is 10.8 Å². The number of aromatic nitrogens is 7. The van der Waals surface area contributed by atoms with Crippen molar-refractivity contribution in [2.45, 2.75) is 38.5 Å². The van der Waals surface area contributed by atoms with Crippen molar-refractivity contribution in [2.75, 3.05) is 0 Å². The van der Waals surface area contributed by atoms with E-state index in [9.17, 15) is 0 Å². The van der Waals surface area contributed by atoms with Gasteiger partial charge in [0.1, 0.15) is 0 Å². The van der Waals surface area contributed by atoms with Crippen LogP contribution in [0.2, 0.25) is 0 Å². The van der Waals surface area contributed by atoms with Gasteiger partial charge in [-0.2, -0.15) is 58.3 Å². The van der Waals surface area contributed by atoms with Crippen molar-refractivity contribution in [3.05, 3.63) is 162 Å². The van der Waals surface area contributed by atoms with Crippen molar-refractivity contribution in [2.24, 2.45) is 0 Å². The Hall–Kier alpha value is -4.76. The van der Waals surface area contributed by atoms with Crippen LogP contribution in [-0.4, -0.2) is 34.9 Å². The number of rotatable bonds is 7. The standard InChI is InChI=1S/C42H31N7.2Pd/c1-41(2,30-13-9-11-28(23-30)36-15-5-7-21-43-36)32-17-19-34-35-20-18-33(26-39(35)49(38(34)25-32)40-47-45-27-46-48-40)42(3,4)31-14-10-12-29(24-31)37-16-6-8-22-44-37;;/h5-22,27H,1-4H3;;/q-4;2*+2. The van der Waals surface area contributed by atoms with Crippen LogP contribution in [0.25, 0.3) is 50.3 Å². The van der Waals surface area contributed by atoms with Gasteiger partial charge in [-0.3, -0.25) is 0 Å². The first kappa shape index (κ1) is 36.0. The van der Waals surface area contributed by atoms with E-state index >= 15 is 0 Å². The summed E-state index contributed by atoms with van der Waals surface area (Å²) in [4.78, 5) is 9.08. The first-order valence-corrected chi connectivity index (χ1v) is 16.1. The maximum Gasteiger partial charge on any atom is 2.00 e. The molecule has 0 saturated heterocycles. The van der Waals surface area contributed by atoms with Crippen LogP contribution in [0.1, 0.15) is 49.9 Å². The predicted molar refractivity (Wildman–Crippen MR) is 191 cm³/mol. The quantitative estimate of drug-likeness (QED) is 0.119. The van der Waals surface area contributed by atoms with Gasteiger partial charge >= 0.3 is 40.8 Å². The van der Waals surface area contributed by atoms with Crippen molar-refractivity contribution in [3.63, 3.8) is 0 Å². The molecule has 0 fully saturated rings. The molecule has 0 radical (unpaired) electrons. The number of fused-ring (bicyclic) bond motifs is 3. The Morgan fingerprint density at radius 2 is 0.941 bits per heavy atom. The van der Waals surface area contributed by atoms with Gasteiger partial charge in [0, 0.05) is 12.4 Å². The normalized spacial score (nSPS) is 11.6. The van der Waals surface area contributed by atoms with Gasteiger partial charge in [0.05, 0.1) is 0 Å². The topological polar surface area (TPSA) is 82.3 Å². The molecule has 0 spiro atoms. The summed E-state index contributed by atoms with van der Waals surface area (Å²) in [5, 5.41) is 18.9. The third kappa shape index (κ3) is 6.60. The molecule has 9 heteroatoms. The molecule has 51 heavy (non-hydrogen) atoms. The zero-order valence-electron chi connectivity index (χ0n) is 28.2. The summed E-state index contributed by atoms with van der Waals surface area (Å²) < 4.78 is 1.96. The number of pyridine rings is 2. The van der Waals surface area contributed by atoms with E-state index in [1.54, 1.807) is 12.4 Å². The van der Waals surface area contributed by atoms with E-state index in [2.05, 4.69) is 131 Å². The molecule has 8 aromatic rings. The first-order valence-electron chi connectivity index (χ1n) is 16.1. The molecule has 8 rings (SSSR count). The predicted octanol–water partition coefficient (Wildman–Crippen LogP) is 8.34. The van der Waals surface area contributed by atoms with Gasteiger partial charge < -0.3 is 14.5 Å². The number of benzene rings is 4. The van der Waals surface area contributed by atoms with Crippen LogP contribution < -0.4 is 0 Å². The summed E-state index contributed by atoms with van der Waals surface area (Å²) in [6.07, 6.45) is 4.94. The van der Waals surface area contributed by atoms with Crippen LogP contribution >= 0.6 is 0 Å². The molecule has 0 aliphatic heterocycles. The fourth-order valence-corrected chi connectivity index (χ4v) is 6.38. The minimum absolute atomic E-state index is 0. The van der Waals surface area contributed by atoms with Gasteiger partial charge in [0.2, 0.25) is 0 Å². The second-order valence-corrected chi connectivity index (χ2v) is 13.1. The van der Waals surface area contributed by atoms with Crippen molar-refractivity contribution in [1.29, 1.82) is 0 Å². The fraction of sp³-hybridized carbons (Fsp3) is 0.143. The molecule has 0 atom stereocenters. The monoisotopic (exact) mass is 845 g/mol. The molecule has 7 nitrogen and oxygen atoms in total. The van der Waals surface area contributed by atoms with Crippen LogP contribution in [0.5, 0.6) is 0 Å². The van der Waals surface area contributed by atoms with Gasteiger partial charge in [-0.05, 0) is 34.4 Å². The van der Waals surface area contributed by atoms with Gasteiger partial charge in [-0.25, -0.2) is 0 Å². The molecule has 4 aromatic heterocycles. The van der Waals surface area contributed by atoms with Crippen LogP contribution in [0.15, 0.2) is 116 Å². The van der Waals surface area contributed by atoms with Crippen molar-refractivity contribution in [3.8, 4) is 28.5 Å². The summed E-state index contributed by atoms with van der Waals surface area (Å²) >= 11 is 0. The van der Waals surface area contributed by atoms with E-state index in [4.69, 9.17) is 0 Å². The molecular formula is C42H31N7Pd2. The van der Waals surface area contributed by atoms with Crippen molar-refractivity contribution in [1.82, 2.24) is 34.9 Å². The van der Waals surface area contributed by atoms with E-state index in [0.717, 1.165) is 66.6 Å². The average Bonchev–Trinajstić information content (AvgIpc) is 3.49. The summed E-state index contributed by atoms with van der Waals surface area (Å²) in [5.41, 5.74) is 8.52. The van der Waals surface area contributed by atoms with Crippen LogP contribution in [-0.2, 0) is 51.7 Å². The molecule has 0 saturated carbocycles. The fourth-order valence-electron chi connectivity index (χ4n) is 6.38.